The van der Waals surface area contributed by atoms with Crippen molar-refractivity contribution in [3.05, 3.63) is 65.2 Å². The fourth-order valence-electron chi connectivity index (χ4n) is 2.84. The van der Waals surface area contributed by atoms with Crippen molar-refractivity contribution in [2.24, 2.45) is 0 Å². The number of carbonyl (C=O) groups excluding carboxylic acids is 1. The molecule has 0 spiro atoms. The molecule has 0 radical (unpaired) electrons. The number of hydrogen-bond acceptors (Lipinski definition) is 4. The predicted octanol–water partition coefficient (Wildman–Crippen LogP) is 2.47. The van der Waals surface area contributed by atoms with Gasteiger partial charge in [0.05, 0.1) is 26.2 Å². The quantitative estimate of drug-likeness (QED) is 0.711. The van der Waals surface area contributed by atoms with Crippen LogP contribution in [0.15, 0.2) is 48.5 Å². The summed E-state index contributed by atoms with van der Waals surface area (Å²) in [7, 11) is 0. The predicted molar refractivity (Wildman–Crippen MR) is 94.9 cm³/mol. The minimum Gasteiger partial charge on any atom is -0.493 e. The molecule has 136 valence electrons. The molecule has 2 aromatic rings. The molecule has 0 aromatic heterocycles. The molecular formula is C20H21NO5. The molecule has 0 bridgehead atoms. The molecule has 0 saturated heterocycles. The normalized spacial score (nSPS) is 13.5. The van der Waals surface area contributed by atoms with Crippen molar-refractivity contribution in [3.63, 3.8) is 0 Å². The van der Waals surface area contributed by atoms with Crippen LogP contribution in [-0.4, -0.2) is 30.2 Å². The monoisotopic (exact) mass is 355 g/mol. The van der Waals surface area contributed by atoms with Crippen LogP contribution in [0.25, 0.3) is 0 Å². The van der Waals surface area contributed by atoms with Crippen molar-refractivity contribution in [2.75, 3.05) is 13.2 Å². The van der Waals surface area contributed by atoms with Crippen LogP contribution in [0, 0.1) is 0 Å². The van der Waals surface area contributed by atoms with Crippen molar-refractivity contribution in [3.8, 4) is 5.75 Å². The lowest BCUT2D eigenvalue weighted by atomic mass is 10.0. The third kappa shape index (κ3) is 4.61. The Hall–Kier alpha value is -2.86. The highest BCUT2D eigenvalue weighted by Crippen LogP contribution is 2.28. The van der Waals surface area contributed by atoms with E-state index in [1.807, 2.05) is 30.3 Å². The fraction of sp³-hybridized carbons (Fsp3) is 0.300. The number of carboxylic acids is 1. The van der Waals surface area contributed by atoms with Crippen LogP contribution in [0.4, 0.5) is 0 Å². The van der Waals surface area contributed by atoms with E-state index >= 15 is 0 Å². The van der Waals surface area contributed by atoms with Crippen LogP contribution >= 0.6 is 0 Å². The second kappa shape index (κ2) is 8.49. The zero-order valence-electron chi connectivity index (χ0n) is 14.3. The smallest absolute Gasteiger partial charge is 0.330 e. The summed E-state index contributed by atoms with van der Waals surface area (Å²) in [6.07, 6.45) is 0.849. The molecule has 6 nitrogen and oxygen atoms in total. The molecule has 1 aliphatic rings. The maximum atomic E-state index is 12.1. The number of hydrogen-bond donors (Lipinski definition) is 2. The first-order valence-corrected chi connectivity index (χ1v) is 8.53. The van der Waals surface area contributed by atoms with Crippen LogP contribution < -0.4 is 10.1 Å². The lowest BCUT2D eigenvalue weighted by Gasteiger charge is -2.16. The van der Waals surface area contributed by atoms with Crippen molar-refractivity contribution < 1.29 is 24.2 Å². The molecule has 6 heteroatoms. The first kappa shape index (κ1) is 17.9. The Morgan fingerprint density at radius 3 is 2.77 bits per heavy atom. The highest BCUT2D eigenvalue weighted by atomic mass is 16.5. The summed E-state index contributed by atoms with van der Waals surface area (Å²) in [5, 5.41) is 12.0. The molecule has 1 heterocycles. The minimum atomic E-state index is -1.09. The van der Waals surface area contributed by atoms with E-state index in [2.05, 4.69) is 5.32 Å². The first-order valence-electron chi connectivity index (χ1n) is 8.53. The Morgan fingerprint density at radius 2 is 2.00 bits per heavy atom. The molecule has 1 unspecified atom stereocenters. The van der Waals surface area contributed by atoms with Gasteiger partial charge >= 0.3 is 5.97 Å². The summed E-state index contributed by atoms with van der Waals surface area (Å²) in [6.45, 7) is 1.24. The lowest BCUT2D eigenvalue weighted by molar-refractivity contribution is -0.142. The summed E-state index contributed by atoms with van der Waals surface area (Å²) >= 11 is 0. The van der Waals surface area contributed by atoms with Gasteiger partial charge in [0.1, 0.15) is 5.75 Å². The van der Waals surface area contributed by atoms with E-state index in [1.54, 1.807) is 18.2 Å². The molecule has 1 atom stereocenters. The van der Waals surface area contributed by atoms with Crippen LogP contribution in [0.2, 0.25) is 0 Å². The zero-order valence-corrected chi connectivity index (χ0v) is 14.3. The maximum absolute atomic E-state index is 12.1. The summed E-state index contributed by atoms with van der Waals surface area (Å²) in [5.41, 5.74) is 2.53. The van der Waals surface area contributed by atoms with E-state index in [0.717, 1.165) is 23.3 Å². The Labute approximate surface area is 151 Å². The van der Waals surface area contributed by atoms with Crippen molar-refractivity contribution in [1.29, 1.82) is 0 Å². The first-order chi connectivity index (χ1) is 12.6. The highest BCUT2D eigenvalue weighted by molar-refractivity contribution is 5.84. The number of fused-ring (bicyclic) bond motifs is 1. The molecule has 2 aromatic carbocycles. The van der Waals surface area contributed by atoms with Gasteiger partial charge in [0, 0.05) is 6.42 Å². The van der Waals surface area contributed by atoms with Gasteiger partial charge in [-0.05, 0) is 28.8 Å². The van der Waals surface area contributed by atoms with Crippen molar-refractivity contribution in [2.45, 2.75) is 25.5 Å². The number of carboxylic acid groups (broad SMARTS) is 1. The maximum Gasteiger partial charge on any atom is 0.330 e. The SMILES string of the molecule is O=C(CCOCc1ccccc1)NC(C(=O)O)c1ccc2c(c1)CCO2. The third-order valence-corrected chi connectivity index (χ3v) is 4.18. The fourth-order valence-corrected chi connectivity index (χ4v) is 2.84. The molecular weight excluding hydrogens is 334 g/mol. The van der Waals surface area contributed by atoms with E-state index in [4.69, 9.17) is 9.47 Å². The number of aliphatic carboxylic acids is 1. The Morgan fingerprint density at radius 1 is 1.19 bits per heavy atom. The van der Waals surface area contributed by atoms with Gasteiger partial charge in [-0.2, -0.15) is 0 Å². The Kier molecular flexibility index (Phi) is 5.86. The molecule has 0 saturated carbocycles. The van der Waals surface area contributed by atoms with Crippen LogP contribution in [0.1, 0.15) is 29.2 Å². The van der Waals surface area contributed by atoms with Gasteiger partial charge in [-0.25, -0.2) is 4.79 Å². The number of nitrogens with one attached hydrogen (secondary N) is 1. The van der Waals surface area contributed by atoms with E-state index in [9.17, 15) is 14.7 Å². The molecule has 0 aliphatic carbocycles. The molecule has 0 fully saturated rings. The molecule has 2 N–H and O–H groups in total. The van der Waals surface area contributed by atoms with Crippen molar-refractivity contribution in [1.82, 2.24) is 5.32 Å². The van der Waals surface area contributed by atoms with Crippen LogP contribution in [0.5, 0.6) is 5.75 Å². The molecule has 3 rings (SSSR count). The van der Waals surface area contributed by atoms with E-state index in [1.165, 1.54) is 0 Å². The minimum absolute atomic E-state index is 0.102. The van der Waals surface area contributed by atoms with Crippen LogP contribution in [0.3, 0.4) is 0 Å². The topological polar surface area (TPSA) is 84.9 Å². The van der Waals surface area contributed by atoms with E-state index in [0.29, 0.717) is 18.8 Å². The summed E-state index contributed by atoms with van der Waals surface area (Å²) in [4.78, 5) is 23.7. The van der Waals surface area contributed by atoms with Gasteiger partial charge in [-0.15, -0.1) is 0 Å². The van der Waals surface area contributed by atoms with Crippen LogP contribution in [-0.2, 0) is 27.4 Å². The lowest BCUT2D eigenvalue weighted by Crippen LogP contribution is -2.34. The van der Waals surface area contributed by atoms with E-state index in [-0.39, 0.29) is 18.9 Å². The average molecular weight is 355 g/mol. The standard InChI is InChI=1S/C20H21NO5/c22-18(9-10-25-13-14-4-2-1-3-5-14)21-19(20(23)24)16-6-7-17-15(12-16)8-11-26-17/h1-7,12,19H,8-11,13H2,(H,21,22)(H,23,24). The number of ether oxygens (including phenoxy) is 2. The summed E-state index contributed by atoms with van der Waals surface area (Å²) in [6, 6.07) is 13.8. The largest absolute Gasteiger partial charge is 0.493 e. The van der Waals surface area contributed by atoms with Gasteiger partial charge in [-0.3, -0.25) is 4.79 Å². The average Bonchev–Trinajstić information content (AvgIpc) is 3.11. The molecule has 1 amide bonds. The summed E-state index contributed by atoms with van der Waals surface area (Å²) < 4.78 is 10.9. The molecule has 1 aliphatic heterocycles. The second-order valence-corrected chi connectivity index (χ2v) is 6.09. The van der Waals surface area contributed by atoms with Gasteiger partial charge in [0.15, 0.2) is 6.04 Å². The highest BCUT2D eigenvalue weighted by Gasteiger charge is 2.24. The number of benzene rings is 2. The Balaban J connectivity index is 1.51. The Bertz CT molecular complexity index is 775. The number of rotatable bonds is 8. The number of carbonyl (C=O) groups is 2. The molecule has 26 heavy (non-hydrogen) atoms. The zero-order chi connectivity index (χ0) is 18.4. The van der Waals surface area contributed by atoms with Crippen molar-refractivity contribution >= 4 is 11.9 Å². The number of amides is 1. The van der Waals surface area contributed by atoms with Gasteiger partial charge in [0.25, 0.3) is 0 Å². The van der Waals surface area contributed by atoms with Gasteiger partial charge in [-0.1, -0.05) is 36.4 Å². The van der Waals surface area contributed by atoms with E-state index < -0.39 is 12.0 Å². The second-order valence-electron chi connectivity index (χ2n) is 6.09. The summed E-state index contributed by atoms with van der Waals surface area (Å²) in [5.74, 6) is -0.678. The third-order valence-electron chi connectivity index (χ3n) is 4.18. The van der Waals surface area contributed by atoms with Gasteiger partial charge in [0.2, 0.25) is 5.91 Å². The van der Waals surface area contributed by atoms with Gasteiger partial charge < -0.3 is 19.9 Å².